The maximum absolute atomic E-state index is 13.5. The molecule has 0 spiro atoms. The first-order valence-electron chi connectivity index (χ1n) is 4.58. The van der Waals surface area contributed by atoms with Gasteiger partial charge in [-0.25, -0.2) is 4.39 Å². The third-order valence-corrected chi connectivity index (χ3v) is 2.79. The van der Waals surface area contributed by atoms with Crippen LogP contribution < -0.4 is 0 Å². The smallest absolute Gasteiger partial charge is 0.196 e. The van der Waals surface area contributed by atoms with Crippen molar-refractivity contribution in [3.8, 4) is 0 Å². The van der Waals surface area contributed by atoms with E-state index in [-0.39, 0.29) is 11.3 Å². The van der Waals surface area contributed by atoms with Gasteiger partial charge in [-0.15, -0.1) is 0 Å². The lowest BCUT2D eigenvalue weighted by Gasteiger charge is -2.02. The zero-order valence-corrected chi connectivity index (χ0v) is 10.3. The first kappa shape index (κ1) is 11.2. The highest BCUT2D eigenvalue weighted by atomic mass is 127. The minimum absolute atomic E-state index is 0.0895. The lowest BCUT2D eigenvalue weighted by Crippen LogP contribution is -2.04. The van der Waals surface area contributed by atoms with Gasteiger partial charge >= 0.3 is 0 Å². The van der Waals surface area contributed by atoms with Crippen LogP contribution in [0.4, 0.5) is 4.39 Å². The Balaban J connectivity index is 2.42. The van der Waals surface area contributed by atoms with E-state index in [2.05, 4.69) is 4.98 Å². The number of hydrogen-bond donors (Lipinski definition) is 0. The van der Waals surface area contributed by atoms with Gasteiger partial charge in [0.1, 0.15) is 5.82 Å². The highest BCUT2D eigenvalue weighted by Gasteiger charge is 2.13. The standard InChI is InChI=1S/C12H7FINO/c13-11-7-9(14)1-2-10(11)12(16)8-3-5-15-6-4-8/h1-7H. The maximum Gasteiger partial charge on any atom is 0.196 e. The fraction of sp³-hybridized carbons (Fsp3) is 0. The molecule has 0 saturated heterocycles. The van der Waals surface area contributed by atoms with Crippen LogP contribution in [0.1, 0.15) is 15.9 Å². The van der Waals surface area contributed by atoms with Crippen molar-refractivity contribution >= 4 is 28.4 Å². The number of pyridine rings is 1. The van der Waals surface area contributed by atoms with Crippen molar-refractivity contribution < 1.29 is 9.18 Å². The quantitative estimate of drug-likeness (QED) is 0.627. The Labute approximate surface area is 106 Å². The molecule has 1 heterocycles. The number of rotatable bonds is 2. The molecule has 0 amide bonds. The Morgan fingerprint density at radius 1 is 1.19 bits per heavy atom. The summed E-state index contributed by atoms with van der Waals surface area (Å²) < 4.78 is 14.3. The lowest BCUT2D eigenvalue weighted by molar-refractivity contribution is 0.103. The first-order chi connectivity index (χ1) is 7.68. The predicted octanol–water partition coefficient (Wildman–Crippen LogP) is 3.06. The van der Waals surface area contributed by atoms with Gasteiger partial charge < -0.3 is 0 Å². The molecule has 1 aromatic carbocycles. The number of carbonyl (C=O) groups excluding carboxylic acids is 1. The number of halogens is 2. The van der Waals surface area contributed by atoms with Gasteiger partial charge in [-0.2, -0.15) is 0 Å². The summed E-state index contributed by atoms with van der Waals surface area (Å²) in [6, 6.07) is 7.69. The van der Waals surface area contributed by atoms with Gasteiger partial charge in [-0.1, -0.05) is 0 Å². The Morgan fingerprint density at radius 2 is 1.88 bits per heavy atom. The summed E-state index contributed by atoms with van der Waals surface area (Å²) in [5.74, 6) is -0.815. The van der Waals surface area contributed by atoms with Gasteiger partial charge in [0, 0.05) is 21.5 Å². The fourth-order valence-electron chi connectivity index (χ4n) is 1.33. The second-order valence-corrected chi connectivity index (χ2v) is 4.43. The molecule has 4 heteroatoms. The van der Waals surface area contributed by atoms with Gasteiger partial charge in [0.25, 0.3) is 0 Å². The molecular weight excluding hydrogens is 320 g/mol. The van der Waals surface area contributed by atoms with Crippen molar-refractivity contribution in [2.24, 2.45) is 0 Å². The molecule has 0 N–H and O–H groups in total. The molecule has 0 unspecified atom stereocenters. The summed E-state index contributed by atoms with van der Waals surface area (Å²) in [6.45, 7) is 0. The maximum atomic E-state index is 13.5. The molecule has 80 valence electrons. The zero-order chi connectivity index (χ0) is 11.5. The molecule has 0 aliphatic rings. The molecule has 0 bridgehead atoms. The van der Waals surface area contributed by atoms with Crippen molar-refractivity contribution in [1.29, 1.82) is 0 Å². The van der Waals surface area contributed by atoms with Crippen LogP contribution in [0, 0.1) is 9.39 Å². The second-order valence-electron chi connectivity index (χ2n) is 3.19. The molecule has 2 aromatic rings. The molecule has 0 radical (unpaired) electrons. The largest absolute Gasteiger partial charge is 0.288 e. The lowest BCUT2D eigenvalue weighted by atomic mass is 10.0. The molecule has 2 rings (SSSR count). The number of benzene rings is 1. The summed E-state index contributed by atoms with van der Waals surface area (Å²) in [5, 5.41) is 0. The third-order valence-electron chi connectivity index (χ3n) is 2.12. The van der Waals surface area contributed by atoms with Crippen LogP contribution in [0.25, 0.3) is 0 Å². The third kappa shape index (κ3) is 2.27. The van der Waals surface area contributed by atoms with Crippen LogP contribution in [0.15, 0.2) is 42.7 Å². The molecule has 16 heavy (non-hydrogen) atoms. The van der Waals surface area contributed by atoms with Gasteiger partial charge in [-0.05, 0) is 52.9 Å². The van der Waals surface area contributed by atoms with Gasteiger partial charge in [-0.3, -0.25) is 9.78 Å². The Bertz CT molecular complexity index is 528. The summed E-state index contributed by atoms with van der Waals surface area (Å²) in [5.41, 5.74) is 0.529. The van der Waals surface area contributed by atoms with Crippen LogP contribution >= 0.6 is 22.6 Å². The Kier molecular flexibility index (Phi) is 3.28. The van der Waals surface area contributed by atoms with E-state index in [1.807, 2.05) is 22.6 Å². The van der Waals surface area contributed by atoms with E-state index in [0.29, 0.717) is 5.56 Å². The number of carbonyl (C=O) groups is 1. The highest BCUT2D eigenvalue weighted by molar-refractivity contribution is 14.1. The zero-order valence-electron chi connectivity index (χ0n) is 8.15. The van der Waals surface area contributed by atoms with Gasteiger partial charge in [0.2, 0.25) is 0 Å². The Hall–Kier alpha value is -1.30. The molecular formula is C12H7FINO. The molecule has 0 atom stereocenters. The average Bonchev–Trinajstić information content (AvgIpc) is 2.29. The predicted molar refractivity (Wildman–Crippen MR) is 66.8 cm³/mol. The average molecular weight is 327 g/mol. The van der Waals surface area contributed by atoms with Crippen LogP contribution in [0.2, 0.25) is 0 Å². The topological polar surface area (TPSA) is 30.0 Å². The summed E-state index contributed by atoms with van der Waals surface area (Å²) >= 11 is 2.00. The molecule has 0 saturated carbocycles. The van der Waals surface area contributed by atoms with E-state index in [9.17, 15) is 9.18 Å². The van der Waals surface area contributed by atoms with Crippen molar-refractivity contribution in [3.63, 3.8) is 0 Å². The van der Waals surface area contributed by atoms with Crippen LogP contribution in [0.3, 0.4) is 0 Å². The van der Waals surface area contributed by atoms with Gasteiger partial charge in [0.05, 0.1) is 5.56 Å². The fourth-order valence-corrected chi connectivity index (χ4v) is 1.79. The first-order valence-corrected chi connectivity index (χ1v) is 5.66. The van der Waals surface area contributed by atoms with Gasteiger partial charge in [0.15, 0.2) is 5.78 Å². The summed E-state index contributed by atoms with van der Waals surface area (Å²) in [4.78, 5) is 15.7. The van der Waals surface area contributed by atoms with Crippen LogP contribution in [-0.4, -0.2) is 10.8 Å². The van der Waals surface area contributed by atoms with Crippen LogP contribution in [0.5, 0.6) is 0 Å². The molecule has 0 aliphatic carbocycles. The number of nitrogens with zero attached hydrogens (tertiary/aromatic N) is 1. The Morgan fingerprint density at radius 3 is 2.50 bits per heavy atom. The molecule has 0 fully saturated rings. The SMILES string of the molecule is O=C(c1ccncc1)c1ccc(I)cc1F. The van der Waals surface area contributed by atoms with E-state index >= 15 is 0 Å². The van der Waals surface area contributed by atoms with E-state index in [1.165, 1.54) is 24.5 Å². The second kappa shape index (κ2) is 4.69. The number of hydrogen-bond acceptors (Lipinski definition) is 2. The molecule has 0 aliphatic heterocycles. The van der Waals surface area contributed by atoms with Crippen molar-refractivity contribution in [1.82, 2.24) is 4.98 Å². The van der Waals surface area contributed by atoms with E-state index < -0.39 is 5.82 Å². The van der Waals surface area contributed by atoms with E-state index in [0.717, 1.165) is 3.57 Å². The van der Waals surface area contributed by atoms with Crippen molar-refractivity contribution in [3.05, 3.63) is 63.2 Å². The van der Waals surface area contributed by atoms with Crippen molar-refractivity contribution in [2.45, 2.75) is 0 Å². The van der Waals surface area contributed by atoms with Crippen molar-refractivity contribution in [2.75, 3.05) is 0 Å². The number of aromatic nitrogens is 1. The molecule has 2 nitrogen and oxygen atoms in total. The van der Waals surface area contributed by atoms with Crippen LogP contribution in [-0.2, 0) is 0 Å². The minimum Gasteiger partial charge on any atom is -0.288 e. The summed E-state index contributed by atoms with van der Waals surface area (Å²) in [6.07, 6.45) is 3.02. The number of ketones is 1. The highest BCUT2D eigenvalue weighted by Crippen LogP contribution is 2.15. The monoisotopic (exact) mass is 327 g/mol. The van der Waals surface area contributed by atoms with E-state index in [1.54, 1.807) is 18.2 Å². The minimum atomic E-state index is -0.492. The summed E-state index contributed by atoms with van der Waals surface area (Å²) in [7, 11) is 0. The van der Waals surface area contributed by atoms with E-state index in [4.69, 9.17) is 0 Å². The normalized spacial score (nSPS) is 10.1. The molecule has 1 aromatic heterocycles.